The fraction of sp³-hybridized carbons (Fsp3) is 0.0588. The third-order valence-corrected chi connectivity index (χ3v) is 2.83. The molecule has 0 heterocycles. The van der Waals surface area contributed by atoms with Gasteiger partial charge in [0.15, 0.2) is 0 Å². The van der Waals surface area contributed by atoms with Crippen molar-refractivity contribution in [3.05, 3.63) is 70.8 Å². The van der Waals surface area contributed by atoms with Crippen LogP contribution in [-0.2, 0) is 0 Å². The van der Waals surface area contributed by atoms with Gasteiger partial charge in [-0.25, -0.2) is 0 Å². The van der Waals surface area contributed by atoms with Crippen LogP contribution in [0.4, 0.5) is 0 Å². The molecule has 0 aliphatic carbocycles. The molecule has 0 aliphatic heterocycles. The molecule has 0 radical (unpaired) electrons. The fourth-order valence-electron chi connectivity index (χ4n) is 1.73. The van der Waals surface area contributed by atoms with Crippen molar-refractivity contribution < 1.29 is 0 Å². The number of nitrogens with zero attached hydrogens (tertiary/aromatic N) is 2. The van der Waals surface area contributed by atoms with Gasteiger partial charge < -0.3 is 0 Å². The first-order valence-corrected chi connectivity index (χ1v) is 5.92. The molecule has 19 heavy (non-hydrogen) atoms. The minimum absolute atomic E-state index is 0.615. The second-order valence-electron chi connectivity index (χ2n) is 4.27. The molecule has 2 aromatic rings. The highest BCUT2D eigenvalue weighted by Gasteiger charge is 2.00. The smallest absolute Gasteiger partial charge is 0.0998 e. The quantitative estimate of drug-likeness (QED) is 0.593. The Labute approximate surface area is 112 Å². The maximum atomic E-state index is 9.24. The SMILES string of the molecule is Cc1ccc(/C(C#N)=C\c2ccc(C#N)cc2)cc1. The van der Waals surface area contributed by atoms with Crippen LogP contribution in [0.1, 0.15) is 22.3 Å². The second kappa shape index (κ2) is 5.67. The minimum Gasteiger partial charge on any atom is -0.192 e. The van der Waals surface area contributed by atoms with E-state index < -0.39 is 0 Å². The predicted octanol–water partition coefficient (Wildman–Crippen LogP) is 3.93. The van der Waals surface area contributed by atoms with Crippen LogP contribution in [0.25, 0.3) is 11.6 Å². The van der Waals surface area contributed by atoms with Gasteiger partial charge in [-0.2, -0.15) is 10.5 Å². The van der Waals surface area contributed by atoms with Crippen molar-refractivity contribution in [3.8, 4) is 12.1 Å². The van der Waals surface area contributed by atoms with E-state index in [2.05, 4.69) is 12.1 Å². The summed E-state index contributed by atoms with van der Waals surface area (Å²) in [5, 5.41) is 18.0. The molecule has 0 amide bonds. The van der Waals surface area contributed by atoms with Gasteiger partial charge in [0.2, 0.25) is 0 Å². The van der Waals surface area contributed by atoms with Gasteiger partial charge >= 0.3 is 0 Å². The van der Waals surface area contributed by atoms with E-state index in [0.29, 0.717) is 11.1 Å². The fourth-order valence-corrected chi connectivity index (χ4v) is 1.73. The number of rotatable bonds is 2. The number of allylic oxidation sites excluding steroid dienone is 1. The predicted molar refractivity (Wildman–Crippen MR) is 75.8 cm³/mol. The van der Waals surface area contributed by atoms with E-state index in [1.165, 1.54) is 5.56 Å². The number of hydrogen-bond acceptors (Lipinski definition) is 2. The van der Waals surface area contributed by atoms with E-state index >= 15 is 0 Å². The minimum atomic E-state index is 0.615. The summed E-state index contributed by atoms with van der Waals surface area (Å²) < 4.78 is 0. The van der Waals surface area contributed by atoms with Gasteiger partial charge in [-0.05, 0) is 36.3 Å². The molecule has 0 spiro atoms. The largest absolute Gasteiger partial charge is 0.192 e. The van der Waals surface area contributed by atoms with E-state index in [9.17, 15) is 5.26 Å². The molecular formula is C17H12N2. The van der Waals surface area contributed by atoms with E-state index in [-0.39, 0.29) is 0 Å². The van der Waals surface area contributed by atoms with Crippen LogP contribution < -0.4 is 0 Å². The molecule has 2 aromatic carbocycles. The van der Waals surface area contributed by atoms with Crippen molar-refractivity contribution >= 4 is 11.6 Å². The van der Waals surface area contributed by atoms with Crippen molar-refractivity contribution in [3.63, 3.8) is 0 Å². The van der Waals surface area contributed by atoms with Crippen LogP contribution in [0.3, 0.4) is 0 Å². The van der Waals surface area contributed by atoms with Crippen LogP contribution in [0.5, 0.6) is 0 Å². The molecular weight excluding hydrogens is 232 g/mol. The summed E-state index contributed by atoms with van der Waals surface area (Å²) in [4.78, 5) is 0. The summed E-state index contributed by atoms with van der Waals surface area (Å²) >= 11 is 0. The average molecular weight is 244 g/mol. The van der Waals surface area contributed by atoms with Crippen molar-refractivity contribution in [2.75, 3.05) is 0 Å². The Morgan fingerprint density at radius 2 is 1.58 bits per heavy atom. The Balaban J connectivity index is 2.36. The first-order valence-electron chi connectivity index (χ1n) is 5.92. The Hall–Kier alpha value is -2.84. The number of benzene rings is 2. The molecule has 0 atom stereocenters. The van der Waals surface area contributed by atoms with Gasteiger partial charge in [-0.1, -0.05) is 42.0 Å². The van der Waals surface area contributed by atoms with Crippen LogP contribution in [0, 0.1) is 29.6 Å². The molecule has 0 fully saturated rings. The molecule has 0 saturated carbocycles. The van der Waals surface area contributed by atoms with Gasteiger partial charge in [0, 0.05) is 0 Å². The average Bonchev–Trinajstić information content (AvgIpc) is 2.46. The van der Waals surface area contributed by atoms with Gasteiger partial charge in [-0.3, -0.25) is 0 Å². The van der Waals surface area contributed by atoms with E-state index in [0.717, 1.165) is 11.1 Å². The van der Waals surface area contributed by atoms with Crippen LogP contribution >= 0.6 is 0 Å². The highest BCUT2D eigenvalue weighted by Crippen LogP contribution is 2.18. The zero-order valence-corrected chi connectivity index (χ0v) is 10.6. The Kier molecular flexibility index (Phi) is 3.76. The first kappa shape index (κ1) is 12.6. The summed E-state index contributed by atoms with van der Waals surface area (Å²) in [6.07, 6.45) is 1.83. The van der Waals surface area contributed by atoms with Crippen LogP contribution in [-0.4, -0.2) is 0 Å². The third kappa shape index (κ3) is 3.09. The number of nitriles is 2. The normalized spacial score (nSPS) is 10.6. The topological polar surface area (TPSA) is 47.6 Å². The molecule has 0 aliphatic rings. The lowest BCUT2D eigenvalue weighted by atomic mass is 10.0. The van der Waals surface area contributed by atoms with Gasteiger partial charge in [0.25, 0.3) is 0 Å². The summed E-state index contributed by atoms with van der Waals surface area (Å²) in [7, 11) is 0. The highest BCUT2D eigenvalue weighted by atomic mass is 14.2. The lowest BCUT2D eigenvalue weighted by molar-refractivity contribution is 1.45. The number of aryl methyl sites for hydroxylation is 1. The standard InChI is InChI=1S/C17H12N2/c1-13-2-8-16(9-3-13)17(12-19)10-14-4-6-15(11-18)7-5-14/h2-10H,1H3/b17-10-. The Morgan fingerprint density at radius 1 is 0.947 bits per heavy atom. The van der Waals surface area contributed by atoms with Gasteiger partial charge in [0.1, 0.15) is 0 Å². The van der Waals surface area contributed by atoms with E-state index in [1.54, 1.807) is 12.1 Å². The molecule has 0 N–H and O–H groups in total. The summed E-state index contributed by atoms with van der Waals surface area (Å²) in [5.74, 6) is 0. The second-order valence-corrected chi connectivity index (χ2v) is 4.27. The maximum Gasteiger partial charge on any atom is 0.0998 e. The van der Waals surface area contributed by atoms with Crippen molar-refractivity contribution in [2.24, 2.45) is 0 Å². The summed E-state index contributed by atoms with van der Waals surface area (Å²) in [6, 6.07) is 19.3. The van der Waals surface area contributed by atoms with Crippen molar-refractivity contribution in [1.82, 2.24) is 0 Å². The van der Waals surface area contributed by atoms with Gasteiger partial charge in [-0.15, -0.1) is 0 Å². The Bertz CT molecular complexity index is 678. The maximum absolute atomic E-state index is 9.24. The molecule has 90 valence electrons. The molecule has 2 nitrogen and oxygen atoms in total. The molecule has 0 saturated heterocycles. The molecule has 0 aromatic heterocycles. The zero-order valence-electron chi connectivity index (χ0n) is 10.6. The molecule has 2 rings (SSSR count). The zero-order chi connectivity index (χ0) is 13.7. The molecule has 0 bridgehead atoms. The third-order valence-electron chi connectivity index (χ3n) is 2.83. The summed E-state index contributed by atoms with van der Waals surface area (Å²) in [6.45, 7) is 2.01. The number of hydrogen-bond donors (Lipinski definition) is 0. The van der Waals surface area contributed by atoms with Gasteiger partial charge in [0.05, 0.1) is 23.3 Å². The van der Waals surface area contributed by atoms with Crippen LogP contribution in [0.15, 0.2) is 48.5 Å². The van der Waals surface area contributed by atoms with E-state index in [1.807, 2.05) is 49.4 Å². The Morgan fingerprint density at radius 3 is 2.11 bits per heavy atom. The van der Waals surface area contributed by atoms with E-state index in [4.69, 9.17) is 5.26 Å². The monoisotopic (exact) mass is 244 g/mol. The lowest BCUT2D eigenvalue weighted by Gasteiger charge is -2.01. The van der Waals surface area contributed by atoms with Crippen LogP contribution in [0.2, 0.25) is 0 Å². The summed E-state index contributed by atoms with van der Waals surface area (Å²) in [5.41, 5.74) is 4.21. The molecule has 2 heteroatoms. The lowest BCUT2D eigenvalue weighted by Crippen LogP contribution is -1.83. The van der Waals surface area contributed by atoms with Crippen molar-refractivity contribution in [2.45, 2.75) is 6.92 Å². The first-order chi connectivity index (χ1) is 9.22. The van der Waals surface area contributed by atoms with Crippen molar-refractivity contribution in [1.29, 1.82) is 10.5 Å². The molecule has 0 unspecified atom stereocenters. The highest BCUT2D eigenvalue weighted by molar-refractivity contribution is 5.89.